The zero-order valence-corrected chi connectivity index (χ0v) is 12.7. The quantitative estimate of drug-likeness (QED) is 0.764. The van der Waals surface area contributed by atoms with Crippen LogP contribution in [-0.2, 0) is 6.54 Å². The van der Waals surface area contributed by atoms with Crippen molar-refractivity contribution in [2.45, 2.75) is 53.7 Å². The van der Waals surface area contributed by atoms with Gasteiger partial charge in [-0.3, -0.25) is 0 Å². The highest BCUT2D eigenvalue weighted by atomic mass is 16.5. The second-order valence-electron chi connectivity index (χ2n) is 6.68. The first-order valence-corrected chi connectivity index (χ1v) is 7.11. The summed E-state index contributed by atoms with van der Waals surface area (Å²) in [7, 11) is 0. The van der Waals surface area contributed by atoms with Gasteiger partial charge in [0.05, 0.1) is 11.6 Å². The summed E-state index contributed by atoms with van der Waals surface area (Å²) in [5.74, 6) is 0.988. The van der Waals surface area contributed by atoms with Crippen molar-refractivity contribution in [2.75, 3.05) is 0 Å². The van der Waals surface area contributed by atoms with Crippen LogP contribution in [-0.4, -0.2) is 10.7 Å². The normalized spacial score (nSPS) is 12.3. The van der Waals surface area contributed by atoms with Gasteiger partial charge in [0.2, 0.25) is 0 Å². The first-order valence-electron chi connectivity index (χ1n) is 7.11. The molecule has 0 atom stereocenters. The zero-order valence-electron chi connectivity index (χ0n) is 12.7. The van der Waals surface area contributed by atoms with Crippen molar-refractivity contribution in [2.24, 2.45) is 5.41 Å². The van der Waals surface area contributed by atoms with Gasteiger partial charge in [-0.15, -0.1) is 0 Å². The molecule has 0 N–H and O–H groups in total. The topological polar surface area (TPSA) is 14.2 Å². The fourth-order valence-corrected chi connectivity index (χ4v) is 2.20. The summed E-state index contributed by atoms with van der Waals surface area (Å²) in [6.45, 7) is 12.0. The molecule has 2 aromatic rings. The first kappa shape index (κ1) is 14.0. The number of nitrogens with zero attached hydrogens (tertiary/aromatic N) is 1. The van der Waals surface area contributed by atoms with Crippen LogP contribution in [0.3, 0.4) is 0 Å². The van der Waals surface area contributed by atoms with E-state index in [2.05, 4.69) is 69.6 Å². The molecule has 0 fully saturated rings. The molecule has 2 rings (SSSR count). The van der Waals surface area contributed by atoms with Crippen molar-refractivity contribution in [1.82, 2.24) is 4.57 Å². The lowest BCUT2D eigenvalue weighted by atomic mass is 9.92. The van der Waals surface area contributed by atoms with E-state index in [1.165, 1.54) is 17.3 Å². The molecule has 0 unspecified atom stereocenters. The Kier molecular flexibility index (Phi) is 3.88. The maximum absolute atomic E-state index is 5.87. The Labute approximate surface area is 116 Å². The van der Waals surface area contributed by atoms with E-state index in [-0.39, 0.29) is 6.10 Å². The summed E-state index contributed by atoms with van der Waals surface area (Å²) in [5.41, 5.74) is 1.63. The maximum atomic E-state index is 5.87. The highest BCUT2D eigenvalue weighted by Crippen LogP contribution is 2.28. The van der Waals surface area contributed by atoms with E-state index in [1.807, 2.05) is 0 Å². The number of fused-ring (bicyclic) bond motifs is 1. The second-order valence-corrected chi connectivity index (χ2v) is 6.68. The second kappa shape index (κ2) is 5.28. The van der Waals surface area contributed by atoms with E-state index in [9.17, 15) is 0 Å². The number of hydrogen-bond donors (Lipinski definition) is 0. The lowest BCUT2D eigenvalue weighted by Gasteiger charge is -2.18. The summed E-state index contributed by atoms with van der Waals surface area (Å²) in [6.07, 6.45) is 3.55. The number of aryl methyl sites for hydroxylation is 1. The molecule has 1 aromatic heterocycles. The van der Waals surface area contributed by atoms with Gasteiger partial charge in [-0.25, -0.2) is 0 Å². The van der Waals surface area contributed by atoms with Crippen LogP contribution in [0, 0.1) is 5.41 Å². The minimum atomic E-state index is 0.212. The summed E-state index contributed by atoms with van der Waals surface area (Å²) in [6, 6.07) is 8.46. The largest absolute Gasteiger partial charge is 0.490 e. The molecule has 1 aromatic carbocycles. The third-order valence-corrected chi connectivity index (χ3v) is 3.24. The fourth-order valence-electron chi connectivity index (χ4n) is 2.20. The third-order valence-electron chi connectivity index (χ3n) is 3.24. The smallest absolute Gasteiger partial charge is 0.129 e. The van der Waals surface area contributed by atoms with E-state index in [0.717, 1.165) is 12.3 Å². The van der Waals surface area contributed by atoms with Crippen molar-refractivity contribution in [1.29, 1.82) is 0 Å². The summed E-state index contributed by atoms with van der Waals surface area (Å²) >= 11 is 0. The van der Waals surface area contributed by atoms with E-state index in [1.54, 1.807) is 0 Å². The monoisotopic (exact) mass is 259 g/mol. The highest BCUT2D eigenvalue weighted by Gasteiger charge is 2.12. The number of ether oxygens (including phenoxy) is 1. The average molecular weight is 259 g/mol. The molecule has 0 aliphatic carbocycles. The predicted octanol–water partition coefficient (Wildman–Crippen LogP) is 4.86. The third kappa shape index (κ3) is 3.52. The van der Waals surface area contributed by atoms with Crippen molar-refractivity contribution in [3.8, 4) is 5.75 Å². The number of benzene rings is 1. The Morgan fingerprint density at radius 1 is 1.16 bits per heavy atom. The molecule has 0 saturated carbocycles. The Balaban J connectivity index is 2.28. The SMILES string of the molecule is CC(C)Oc1cccc2c1ccn2CCC(C)(C)C. The van der Waals surface area contributed by atoms with Gasteiger partial charge in [-0.2, -0.15) is 0 Å². The molecule has 0 saturated heterocycles. The lowest BCUT2D eigenvalue weighted by Crippen LogP contribution is -2.09. The lowest BCUT2D eigenvalue weighted by molar-refractivity contribution is 0.245. The predicted molar refractivity (Wildman–Crippen MR) is 81.8 cm³/mol. The molecular formula is C17H25NO. The van der Waals surface area contributed by atoms with Crippen LogP contribution in [0.2, 0.25) is 0 Å². The molecule has 0 spiro atoms. The first-order chi connectivity index (χ1) is 8.87. The van der Waals surface area contributed by atoms with Crippen LogP contribution in [0.4, 0.5) is 0 Å². The molecule has 104 valence electrons. The Morgan fingerprint density at radius 3 is 2.53 bits per heavy atom. The molecule has 19 heavy (non-hydrogen) atoms. The summed E-state index contributed by atoms with van der Waals surface area (Å²) in [5, 5.41) is 1.21. The minimum absolute atomic E-state index is 0.212. The van der Waals surface area contributed by atoms with Gasteiger partial charge in [0.25, 0.3) is 0 Å². The van der Waals surface area contributed by atoms with Crippen LogP contribution in [0.15, 0.2) is 30.5 Å². The summed E-state index contributed by atoms with van der Waals surface area (Å²) < 4.78 is 8.20. The maximum Gasteiger partial charge on any atom is 0.129 e. The molecule has 2 nitrogen and oxygen atoms in total. The van der Waals surface area contributed by atoms with Gasteiger partial charge >= 0.3 is 0 Å². The molecule has 0 amide bonds. The molecule has 0 bridgehead atoms. The van der Waals surface area contributed by atoms with Crippen molar-refractivity contribution >= 4 is 10.9 Å². The Bertz CT molecular complexity index is 546. The van der Waals surface area contributed by atoms with Gasteiger partial charge in [0.15, 0.2) is 0 Å². The van der Waals surface area contributed by atoms with Crippen molar-refractivity contribution in [3.05, 3.63) is 30.5 Å². The van der Waals surface area contributed by atoms with Gasteiger partial charge < -0.3 is 9.30 Å². The Hall–Kier alpha value is -1.44. The van der Waals surface area contributed by atoms with Gasteiger partial charge in [-0.05, 0) is 43.9 Å². The highest BCUT2D eigenvalue weighted by molar-refractivity contribution is 5.86. The van der Waals surface area contributed by atoms with Crippen LogP contribution in [0.25, 0.3) is 10.9 Å². The van der Waals surface area contributed by atoms with Crippen LogP contribution < -0.4 is 4.74 Å². The van der Waals surface area contributed by atoms with E-state index < -0.39 is 0 Å². The van der Waals surface area contributed by atoms with Crippen molar-refractivity contribution in [3.63, 3.8) is 0 Å². The van der Waals surface area contributed by atoms with E-state index >= 15 is 0 Å². The van der Waals surface area contributed by atoms with Crippen LogP contribution >= 0.6 is 0 Å². The van der Waals surface area contributed by atoms with Crippen LogP contribution in [0.5, 0.6) is 5.75 Å². The number of rotatable bonds is 4. The molecule has 2 heteroatoms. The Morgan fingerprint density at radius 2 is 1.89 bits per heavy atom. The molecule has 0 radical (unpaired) electrons. The zero-order chi connectivity index (χ0) is 14.0. The summed E-state index contributed by atoms with van der Waals surface area (Å²) in [4.78, 5) is 0. The van der Waals surface area contributed by atoms with Gasteiger partial charge in [0.1, 0.15) is 5.75 Å². The van der Waals surface area contributed by atoms with Crippen molar-refractivity contribution < 1.29 is 4.74 Å². The molecule has 1 heterocycles. The average Bonchev–Trinajstić information content (AvgIpc) is 2.69. The standard InChI is InChI=1S/C17H25NO/c1-13(2)19-16-8-6-7-15-14(16)9-11-18(15)12-10-17(3,4)5/h6-9,11,13H,10,12H2,1-5H3. The fraction of sp³-hybridized carbons (Fsp3) is 0.529. The molecular weight excluding hydrogens is 234 g/mol. The number of aromatic nitrogens is 1. The van der Waals surface area contributed by atoms with Crippen LogP contribution in [0.1, 0.15) is 41.0 Å². The van der Waals surface area contributed by atoms with E-state index in [4.69, 9.17) is 4.74 Å². The van der Waals surface area contributed by atoms with E-state index in [0.29, 0.717) is 5.41 Å². The molecule has 0 aliphatic rings. The number of hydrogen-bond acceptors (Lipinski definition) is 1. The molecule has 0 aliphatic heterocycles. The van der Waals surface area contributed by atoms with Gasteiger partial charge in [0, 0.05) is 18.1 Å². The minimum Gasteiger partial charge on any atom is -0.490 e. The van der Waals surface area contributed by atoms with Gasteiger partial charge in [-0.1, -0.05) is 26.8 Å².